The van der Waals surface area contributed by atoms with E-state index in [1.165, 1.54) is 18.2 Å². The number of rotatable bonds is 6. The van der Waals surface area contributed by atoms with Gasteiger partial charge in [0.1, 0.15) is 17.9 Å². The molecule has 0 radical (unpaired) electrons. The Hall–Kier alpha value is -2.49. The summed E-state index contributed by atoms with van der Waals surface area (Å²) in [5, 5.41) is 6.22. The van der Waals surface area contributed by atoms with Crippen molar-refractivity contribution in [3.05, 3.63) is 77.7 Å². The number of oxazole rings is 1. The summed E-state index contributed by atoms with van der Waals surface area (Å²) in [6, 6.07) is 12.6. The van der Waals surface area contributed by atoms with Crippen LogP contribution in [0.1, 0.15) is 11.3 Å². The van der Waals surface area contributed by atoms with Gasteiger partial charge in [-0.2, -0.15) is 0 Å². The molecule has 8 heteroatoms. The van der Waals surface area contributed by atoms with Gasteiger partial charge in [-0.05, 0) is 30.3 Å². The van der Waals surface area contributed by atoms with Gasteiger partial charge in [-0.15, -0.1) is 24.0 Å². The number of halogens is 3. The van der Waals surface area contributed by atoms with Crippen molar-refractivity contribution in [1.82, 2.24) is 15.6 Å². The molecule has 148 valence electrons. The maximum Gasteiger partial charge on any atom is 0.226 e. The van der Waals surface area contributed by atoms with E-state index in [1.807, 2.05) is 0 Å². The Bertz CT molecular complexity index is 913. The number of hydrogen-bond acceptors (Lipinski definition) is 3. The molecule has 0 bridgehead atoms. The Morgan fingerprint density at radius 2 is 1.82 bits per heavy atom. The summed E-state index contributed by atoms with van der Waals surface area (Å²) >= 11 is 0. The van der Waals surface area contributed by atoms with E-state index in [1.54, 1.807) is 43.6 Å². The predicted molar refractivity (Wildman–Crippen MR) is 116 cm³/mol. The second-order valence-corrected chi connectivity index (χ2v) is 5.84. The summed E-state index contributed by atoms with van der Waals surface area (Å²) in [6.45, 7) is 0.914. The number of hydrogen-bond donors (Lipinski definition) is 2. The van der Waals surface area contributed by atoms with Gasteiger partial charge in [-0.1, -0.05) is 18.2 Å². The Labute approximate surface area is 179 Å². The lowest BCUT2D eigenvalue weighted by molar-refractivity contribution is 0.571. The zero-order valence-corrected chi connectivity index (χ0v) is 17.6. The maximum absolute atomic E-state index is 13.6. The van der Waals surface area contributed by atoms with Crippen LogP contribution in [0.2, 0.25) is 0 Å². The van der Waals surface area contributed by atoms with Gasteiger partial charge in [-0.25, -0.2) is 13.8 Å². The van der Waals surface area contributed by atoms with Crippen LogP contribution in [0.3, 0.4) is 0 Å². The van der Waals surface area contributed by atoms with E-state index < -0.39 is 0 Å². The molecule has 0 amide bonds. The minimum absolute atomic E-state index is 0. The second-order valence-electron chi connectivity index (χ2n) is 5.84. The molecular weight excluding hydrogens is 477 g/mol. The van der Waals surface area contributed by atoms with Crippen LogP contribution < -0.4 is 10.6 Å². The highest BCUT2D eigenvalue weighted by atomic mass is 127. The number of nitrogens with zero attached hydrogens (tertiary/aromatic N) is 2. The van der Waals surface area contributed by atoms with Crippen molar-refractivity contribution in [2.24, 2.45) is 4.99 Å². The Balaban J connectivity index is 0.00000280. The largest absolute Gasteiger partial charge is 0.444 e. The lowest BCUT2D eigenvalue weighted by Crippen LogP contribution is -2.38. The van der Waals surface area contributed by atoms with Gasteiger partial charge in [0, 0.05) is 37.7 Å². The monoisotopic (exact) mass is 498 g/mol. The first-order valence-corrected chi connectivity index (χ1v) is 8.54. The molecule has 0 atom stereocenters. The molecule has 1 heterocycles. The summed E-state index contributed by atoms with van der Waals surface area (Å²) in [7, 11) is 1.65. The van der Waals surface area contributed by atoms with E-state index in [2.05, 4.69) is 20.6 Å². The molecule has 3 aromatic rings. The summed E-state index contributed by atoms with van der Waals surface area (Å²) in [5.74, 6) is 0.466. The zero-order valence-electron chi connectivity index (χ0n) is 15.3. The molecule has 3 rings (SSSR count). The highest BCUT2D eigenvalue weighted by molar-refractivity contribution is 14.0. The van der Waals surface area contributed by atoms with Gasteiger partial charge >= 0.3 is 0 Å². The maximum atomic E-state index is 13.6. The molecule has 0 aliphatic carbocycles. The Kier molecular flexibility index (Phi) is 8.37. The lowest BCUT2D eigenvalue weighted by atomic mass is 10.2. The van der Waals surface area contributed by atoms with E-state index in [0.29, 0.717) is 36.9 Å². The van der Waals surface area contributed by atoms with Crippen LogP contribution in [0, 0.1) is 11.6 Å². The molecule has 28 heavy (non-hydrogen) atoms. The smallest absolute Gasteiger partial charge is 0.226 e. The quantitative estimate of drug-likeness (QED) is 0.305. The molecule has 2 aromatic carbocycles. The molecule has 0 unspecified atom stereocenters. The third-order valence-corrected chi connectivity index (χ3v) is 3.94. The number of aromatic nitrogens is 1. The van der Waals surface area contributed by atoms with Gasteiger partial charge in [-0.3, -0.25) is 4.99 Å². The van der Waals surface area contributed by atoms with Crippen LogP contribution in [0.4, 0.5) is 8.78 Å². The first-order valence-electron chi connectivity index (χ1n) is 8.54. The minimum atomic E-state index is -0.302. The number of aliphatic imine (C=N–C) groups is 1. The van der Waals surface area contributed by atoms with Gasteiger partial charge in [0.15, 0.2) is 5.96 Å². The van der Waals surface area contributed by atoms with Crippen molar-refractivity contribution in [2.75, 3.05) is 13.6 Å². The molecule has 1 aromatic heterocycles. The van der Waals surface area contributed by atoms with Crippen molar-refractivity contribution in [1.29, 1.82) is 0 Å². The molecule has 2 N–H and O–H groups in total. The van der Waals surface area contributed by atoms with Crippen molar-refractivity contribution < 1.29 is 13.2 Å². The van der Waals surface area contributed by atoms with Crippen molar-refractivity contribution in [3.63, 3.8) is 0 Å². The fraction of sp³-hybridized carbons (Fsp3) is 0.200. The SMILES string of the molecule is CN=C(NCCc1coc(-c2ccc(F)cc2)n1)NCc1ccccc1F.I. The fourth-order valence-electron chi connectivity index (χ4n) is 2.50. The van der Waals surface area contributed by atoms with Crippen LogP contribution in [-0.2, 0) is 13.0 Å². The van der Waals surface area contributed by atoms with Gasteiger partial charge in [0.05, 0.1) is 5.69 Å². The Morgan fingerprint density at radius 1 is 1.07 bits per heavy atom. The summed E-state index contributed by atoms with van der Waals surface area (Å²) in [5.41, 5.74) is 2.06. The van der Waals surface area contributed by atoms with Crippen LogP contribution in [0.5, 0.6) is 0 Å². The van der Waals surface area contributed by atoms with E-state index >= 15 is 0 Å². The van der Waals surface area contributed by atoms with Crippen LogP contribution in [-0.4, -0.2) is 24.5 Å². The van der Waals surface area contributed by atoms with Crippen LogP contribution in [0.25, 0.3) is 11.5 Å². The van der Waals surface area contributed by atoms with Crippen molar-refractivity contribution >= 4 is 29.9 Å². The van der Waals surface area contributed by atoms with Crippen LogP contribution >= 0.6 is 24.0 Å². The molecule has 0 aliphatic heterocycles. The minimum Gasteiger partial charge on any atom is -0.444 e. The molecule has 0 saturated heterocycles. The van der Waals surface area contributed by atoms with Gasteiger partial charge in [0.25, 0.3) is 0 Å². The molecular formula is C20H21F2IN4O. The highest BCUT2D eigenvalue weighted by Crippen LogP contribution is 2.18. The lowest BCUT2D eigenvalue weighted by Gasteiger charge is -2.11. The van der Waals surface area contributed by atoms with Crippen molar-refractivity contribution in [3.8, 4) is 11.5 Å². The fourth-order valence-corrected chi connectivity index (χ4v) is 2.50. The summed E-state index contributed by atoms with van der Waals surface area (Å²) < 4.78 is 32.1. The molecule has 5 nitrogen and oxygen atoms in total. The summed E-state index contributed by atoms with van der Waals surface area (Å²) in [6.07, 6.45) is 2.20. The summed E-state index contributed by atoms with van der Waals surface area (Å²) in [4.78, 5) is 8.52. The number of guanidine groups is 1. The first kappa shape index (κ1) is 21.8. The van der Waals surface area contributed by atoms with Gasteiger partial charge in [0.2, 0.25) is 5.89 Å². The Morgan fingerprint density at radius 3 is 2.54 bits per heavy atom. The van der Waals surface area contributed by atoms with Crippen molar-refractivity contribution in [2.45, 2.75) is 13.0 Å². The van der Waals surface area contributed by atoms with E-state index in [4.69, 9.17) is 4.42 Å². The van der Waals surface area contributed by atoms with E-state index in [9.17, 15) is 8.78 Å². The zero-order chi connectivity index (χ0) is 19.1. The molecule has 0 aliphatic rings. The highest BCUT2D eigenvalue weighted by Gasteiger charge is 2.07. The van der Waals surface area contributed by atoms with E-state index in [0.717, 1.165) is 11.3 Å². The molecule has 0 saturated carbocycles. The average Bonchev–Trinajstić information content (AvgIpc) is 3.15. The van der Waals surface area contributed by atoms with Gasteiger partial charge < -0.3 is 15.1 Å². The third kappa shape index (κ3) is 6.01. The molecule has 0 spiro atoms. The topological polar surface area (TPSA) is 62.5 Å². The van der Waals surface area contributed by atoms with E-state index in [-0.39, 0.29) is 35.6 Å². The normalized spacial score (nSPS) is 11.0. The average molecular weight is 498 g/mol. The number of benzene rings is 2. The predicted octanol–water partition coefficient (Wildman–Crippen LogP) is 4.15. The second kappa shape index (κ2) is 10.7. The molecule has 0 fully saturated rings. The first-order chi connectivity index (χ1) is 13.2. The third-order valence-electron chi connectivity index (χ3n) is 3.94. The van der Waals surface area contributed by atoms with Crippen LogP contribution in [0.15, 0.2) is 64.2 Å². The standard InChI is InChI=1S/C20H20F2N4O.HI/c1-23-20(25-12-15-4-2-3-5-18(15)22)24-11-10-17-13-27-19(26-17)14-6-8-16(21)9-7-14;/h2-9,13H,10-12H2,1H3,(H2,23,24,25);1H. The number of nitrogens with one attached hydrogen (secondary N) is 2.